The van der Waals surface area contributed by atoms with Gasteiger partial charge in [-0.05, 0) is 56.2 Å². The van der Waals surface area contributed by atoms with Crippen LogP contribution in [0.2, 0.25) is 0 Å². The Morgan fingerprint density at radius 3 is 2.42 bits per heavy atom. The first kappa shape index (κ1) is 17.9. The van der Waals surface area contributed by atoms with E-state index in [1.54, 1.807) is 42.5 Å². The number of hydrogen-bond donors (Lipinski definition) is 2. The molecule has 6 nitrogen and oxygen atoms in total. The maximum atomic E-state index is 12.5. The van der Waals surface area contributed by atoms with Crippen molar-refractivity contribution in [3.8, 4) is 5.75 Å². The number of hydrogen-bond acceptors (Lipinski definition) is 4. The molecule has 0 unspecified atom stereocenters. The van der Waals surface area contributed by atoms with Gasteiger partial charge in [0.1, 0.15) is 11.9 Å². The quantitative estimate of drug-likeness (QED) is 0.833. The minimum absolute atomic E-state index is 0.134. The molecular formula is C20H22N2O4. The molecule has 0 aromatic heterocycles. The highest BCUT2D eigenvalue weighted by molar-refractivity contribution is 6.06. The molecule has 2 aromatic carbocycles. The topological polar surface area (TPSA) is 76.7 Å². The maximum absolute atomic E-state index is 12.5. The molecule has 6 heteroatoms. The van der Waals surface area contributed by atoms with E-state index in [4.69, 9.17) is 9.47 Å². The zero-order valence-corrected chi connectivity index (χ0v) is 14.7. The molecule has 1 aliphatic rings. The lowest BCUT2D eigenvalue weighted by Gasteiger charge is -2.12. The third kappa shape index (κ3) is 4.40. The molecule has 1 saturated heterocycles. The fraction of sp³-hybridized carbons (Fsp3) is 0.300. The van der Waals surface area contributed by atoms with Crippen LogP contribution < -0.4 is 15.4 Å². The number of rotatable bonds is 6. The van der Waals surface area contributed by atoms with Gasteiger partial charge in [-0.15, -0.1) is 0 Å². The van der Waals surface area contributed by atoms with Gasteiger partial charge in [0.2, 0.25) is 0 Å². The molecule has 0 saturated carbocycles. The Morgan fingerprint density at radius 1 is 1.08 bits per heavy atom. The molecule has 0 radical (unpaired) electrons. The van der Waals surface area contributed by atoms with Gasteiger partial charge in [-0.25, -0.2) is 0 Å². The van der Waals surface area contributed by atoms with Gasteiger partial charge in [-0.2, -0.15) is 0 Å². The highest BCUT2D eigenvalue weighted by Gasteiger charge is 2.23. The van der Waals surface area contributed by atoms with Crippen molar-refractivity contribution >= 4 is 23.2 Å². The largest absolute Gasteiger partial charge is 0.493 e. The lowest BCUT2D eigenvalue weighted by molar-refractivity contribution is -0.124. The fourth-order valence-corrected chi connectivity index (χ4v) is 2.78. The van der Waals surface area contributed by atoms with Crippen molar-refractivity contribution in [3.63, 3.8) is 0 Å². The summed E-state index contributed by atoms with van der Waals surface area (Å²) in [6, 6.07) is 14.1. The third-order valence-corrected chi connectivity index (χ3v) is 4.06. The predicted molar refractivity (Wildman–Crippen MR) is 99.6 cm³/mol. The molecule has 1 atom stereocenters. The van der Waals surface area contributed by atoms with Crippen molar-refractivity contribution in [2.45, 2.75) is 25.9 Å². The Morgan fingerprint density at radius 2 is 1.77 bits per heavy atom. The monoisotopic (exact) mass is 354 g/mol. The van der Waals surface area contributed by atoms with Gasteiger partial charge in [-0.1, -0.05) is 12.1 Å². The standard InChI is InChI=1S/C20H22N2O4/c1-2-25-17-7-4-3-6-16(17)19(23)21-14-9-11-15(12-10-14)22-20(24)18-8-5-13-26-18/h3-4,6-7,9-12,18H,2,5,8,13H2,1H3,(H,21,23)(H,22,24)/t18-/m0/s1. The molecule has 0 bridgehead atoms. The van der Waals surface area contributed by atoms with E-state index in [1.165, 1.54) is 0 Å². The number of carbonyl (C=O) groups excluding carboxylic acids is 2. The van der Waals surface area contributed by atoms with Crippen molar-refractivity contribution in [2.75, 3.05) is 23.8 Å². The van der Waals surface area contributed by atoms with Crippen LogP contribution in [0.4, 0.5) is 11.4 Å². The molecule has 0 spiro atoms. The van der Waals surface area contributed by atoms with E-state index < -0.39 is 0 Å². The average molecular weight is 354 g/mol. The number of carbonyl (C=O) groups is 2. The molecule has 2 N–H and O–H groups in total. The summed E-state index contributed by atoms with van der Waals surface area (Å²) in [6.45, 7) is 2.99. The Kier molecular flexibility index (Phi) is 5.86. The van der Waals surface area contributed by atoms with E-state index in [0.717, 1.165) is 12.8 Å². The fourth-order valence-electron chi connectivity index (χ4n) is 2.78. The minimum Gasteiger partial charge on any atom is -0.493 e. The van der Waals surface area contributed by atoms with Gasteiger partial charge in [-0.3, -0.25) is 9.59 Å². The SMILES string of the molecule is CCOc1ccccc1C(=O)Nc1ccc(NC(=O)[C@@H]2CCCO2)cc1. The van der Waals surface area contributed by atoms with E-state index >= 15 is 0 Å². The molecule has 3 rings (SSSR count). The minimum atomic E-state index is -0.371. The molecule has 136 valence electrons. The summed E-state index contributed by atoms with van der Waals surface area (Å²) in [4.78, 5) is 24.5. The molecule has 26 heavy (non-hydrogen) atoms. The van der Waals surface area contributed by atoms with Crippen LogP contribution in [-0.2, 0) is 9.53 Å². The normalized spacial score (nSPS) is 16.1. The zero-order valence-electron chi connectivity index (χ0n) is 14.7. The number of ether oxygens (including phenoxy) is 2. The number of anilines is 2. The van der Waals surface area contributed by atoms with E-state index in [9.17, 15) is 9.59 Å². The van der Waals surface area contributed by atoms with E-state index in [-0.39, 0.29) is 17.9 Å². The van der Waals surface area contributed by atoms with Crippen molar-refractivity contribution in [3.05, 3.63) is 54.1 Å². The molecule has 1 heterocycles. The van der Waals surface area contributed by atoms with Gasteiger partial charge in [0.05, 0.1) is 12.2 Å². The van der Waals surface area contributed by atoms with Crippen LogP contribution >= 0.6 is 0 Å². The summed E-state index contributed by atoms with van der Waals surface area (Å²) in [5.74, 6) is 0.170. The van der Waals surface area contributed by atoms with Gasteiger partial charge < -0.3 is 20.1 Å². The second-order valence-electron chi connectivity index (χ2n) is 5.95. The first-order valence-electron chi connectivity index (χ1n) is 8.73. The number of benzene rings is 2. The summed E-state index contributed by atoms with van der Waals surface area (Å²) in [5, 5.41) is 5.66. The maximum Gasteiger partial charge on any atom is 0.259 e. The van der Waals surface area contributed by atoms with Crippen LogP contribution in [0.25, 0.3) is 0 Å². The lowest BCUT2D eigenvalue weighted by atomic mass is 10.1. The first-order valence-corrected chi connectivity index (χ1v) is 8.73. The van der Waals surface area contributed by atoms with Gasteiger partial charge in [0.25, 0.3) is 11.8 Å². The summed E-state index contributed by atoms with van der Waals surface area (Å²) in [6.07, 6.45) is 1.29. The highest BCUT2D eigenvalue weighted by Crippen LogP contribution is 2.21. The molecule has 1 fully saturated rings. The molecule has 1 aliphatic heterocycles. The van der Waals surface area contributed by atoms with E-state index in [0.29, 0.717) is 35.9 Å². The summed E-state index contributed by atoms with van der Waals surface area (Å²) >= 11 is 0. The van der Waals surface area contributed by atoms with E-state index in [2.05, 4.69) is 10.6 Å². The Hall–Kier alpha value is -2.86. The molecule has 2 amide bonds. The van der Waals surface area contributed by atoms with Crippen molar-refractivity contribution < 1.29 is 19.1 Å². The number of para-hydroxylation sites is 1. The predicted octanol–water partition coefficient (Wildman–Crippen LogP) is 3.46. The van der Waals surface area contributed by atoms with Gasteiger partial charge in [0, 0.05) is 18.0 Å². The van der Waals surface area contributed by atoms with Crippen LogP contribution in [0, 0.1) is 0 Å². The van der Waals surface area contributed by atoms with Gasteiger partial charge in [0.15, 0.2) is 0 Å². The Bertz CT molecular complexity index is 768. The van der Waals surface area contributed by atoms with Crippen LogP contribution in [0.1, 0.15) is 30.1 Å². The van der Waals surface area contributed by atoms with Crippen LogP contribution in [0.15, 0.2) is 48.5 Å². The first-order chi connectivity index (χ1) is 12.7. The second kappa shape index (κ2) is 8.49. The van der Waals surface area contributed by atoms with E-state index in [1.807, 2.05) is 13.0 Å². The molecule has 2 aromatic rings. The van der Waals surface area contributed by atoms with Crippen LogP contribution in [0.5, 0.6) is 5.75 Å². The summed E-state index contributed by atoms with van der Waals surface area (Å²) < 4.78 is 10.8. The number of nitrogens with one attached hydrogen (secondary N) is 2. The third-order valence-electron chi connectivity index (χ3n) is 4.06. The van der Waals surface area contributed by atoms with Crippen LogP contribution in [0.3, 0.4) is 0 Å². The van der Waals surface area contributed by atoms with Crippen molar-refractivity contribution in [1.82, 2.24) is 0 Å². The summed E-state index contributed by atoms with van der Waals surface area (Å²) in [7, 11) is 0. The van der Waals surface area contributed by atoms with Gasteiger partial charge >= 0.3 is 0 Å². The molecule has 0 aliphatic carbocycles. The smallest absolute Gasteiger partial charge is 0.259 e. The van der Waals surface area contributed by atoms with Crippen molar-refractivity contribution in [2.24, 2.45) is 0 Å². The molecular weight excluding hydrogens is 332 g/mol. The Labute approximate surface area is 152 Å². The number of amides is 2. The average Bonchev–Trinajstić information content (AvgIpc) is 3.19. The van der Waals surface area contributed by atoms with Crippen LogP contribution in [-0.4, -0.2) is 31.1 Å². The second-order valence-corrected chi connectivity index (χ2v) is 5.95. The van der Waals surface area contributed by atoms with Crippen molar-refractivity contribution in [1.29, 1.82) is 0 Å². The Balaban J connectivity index is 1.62. The lowest BCUT2D eigenvalue weighted by Crippen LogP contribution is -2.26. The zero-order chi connectivity index (χ0) is 18.4. The summed E-state index contributed by atoms with van der Waals surface area (Å²) in [5.41, 5.74) is 1.78. The highest BCUT2D eigenvalue weighted by atomic mass is 16.5.